The Morgan fingerprint density at radius 2 is 1.78 bits per heavy atom. The van der Waals surface area contributed by atoms with Crippen molar-refractivity contribution >= 4 is 17.5 Å². The molecule has 3 aromatic carbocycles. The van der Waals surface area contributed by atoms with Gasteiger partial charge < -0.3 is 19.6 Å². The average molecular weight is 517 g/mol. The lowest BCUT2D eigenvalue weighted by Gasteiger charge is -2.44. The third-order valence-electron chi connectivity index (χ3n) is 8.10. The zero-order valence-electron chi connectivity index (χ0n) is 21.0. The molecule has 3 aromatic rings. The molecule has 2 heterocycles. The molecule has 2 aliphatic heterocycles. The first kappa shape index (κ1) is 24.3. The smallest absolute Gasteiger partial charge is 0.255 e. The molecule has 3 aliphatic rings. The topological polar surface area (TPSA) is 53.0 Å². The zero-order valence-corrected chi connectivity index (χ0v) is 21.7. The third kappa shape index (κ3) is 4.83. The van der Waals surface area contributed by atoms with Crippen molar-refractivity contribution < 1.29 is 14.6 Å². The van der Waals surface area contributed by atoms with Crippen molar-refractivity contribution in [1.82, 2.24) is 9.80 Å². The Morgan fingerprint density at radius 1 is 1.03 bits per heavy atom. The molecule has 6 heteroatoms. The summed E-state index contributed by atoms with van der Waals surface area (Å²) in [5.74, 6) is 2.46. The lowest BCUT2D eigenvalue weighted by molar-refractivity contribution is 0.0540. The number of ether oxygens (including phenoxy) is 1. The highest BCUT2D eigenvalue weighted by molar-refractivity contribution is 6.17. The summed E-state index contributed by atoms with van der Waals surface area (Å²) in [6.07, 6.45) is 3.76. The van der Waals surface area contributed by atoms with Gasteiger partial charge in [0.15, 0.2) is 0 Å². The molecule has 1 saturated heterocycles. The summed E-state index contributed by atoms with van der Waals surface area (Å²) in [6.45, 7) is 3.91. The number of hydrogen-bond donors (Lipinski definition) is 1. The molecule has 192 valence electrons. The van der Waals surface area contributed by atoms with E-state index in [1.165, 1.54) is 0 Å². The Hall–Kier alpha value is -3.02. The fourth-order valence-electron chi connectivity index (χ4n) is 6.02. The normalized spacial score (nSPS) is 20.4. The molecule has 1 amide bonds. The Kier molecular flexibility index (Phi) is 6.60. The van der Waals surface area contributed by atoms with E-state index in [2.05, 4.69) is 21.9 Å². The van der Waals surface area contributed by atoms with Crippen LogP contribution in [-0.2, 0) is 6.42 Å². The molecule has 1 saturated carbocycles. The van der Waals surface area contributed by atoms with E-state index in [9.17, 15) is 9.90 Å². The van der Waals surface area contributed by atoms with Gasteiger partial charge in [-0.1, -0.05) is 36.4 Å². The molecule has 1 N–H and O–H groups in total. The molecule has 0 radical (unpaired) electrons. The van der Waals surface area contributed by atoms with Gasteiger partial charge in [-0.2, -0.15) is 0 Å². The summed E-state index contributed by atoms with van der Waals surface area (Å²) in [7, 11) is 0. The van der Waals surface area contributed by atoms with E-state index in [0.717, 1.165) is 67.8 Å². The third-order valence-corrected chi connectivity index (χ3v) is 8.37. The number of alkyl halides is 1. The number of likely N-dealkylation sites (tertiary alicyclic amines) is 1. The number of nitrogens with zero attached hydrogens (tertiary/aromatic N) is 2. The van der Waals surface area contributed by atoms with Crippen LogP contribution in [0.2, 0.25) is 0 Å². The molecule has 1 spiro atoms. The van der Waals surface area contributed by atoms with Crippen LogP contribution in [0.5, 0.6) is 11.5 Å². The van der Waals surface area contributed by atoms with Gasteiger partial charge in [-0.05, 0) is 85.3 Å². The van der Waals surface area contributed by atoms with E-state index >= 15 is 0 Å². The number of phenols is 1. The van der Waals surface area contributed by atoms with Crippen molar-refractivity contribution in [2.45, 2.75) is 37.3 Å². The number of fused-ring (bicyclic) bond motifs is 1. The number of rotatable bonds is 8. The molecule has 2 fully saturated rings. The van der Waals surface area contributed by atoms with E-state index in [4.69, 9.17) is 16.3 Å². The predicted octanol–water partition coefficient (Wildman–Crippen LogP) is 5.65. The lowest BCUT2D eigenvalue weighted by Crippen LogP contribution is -2.49. The molecule has 1 aliphatic carbocycles. The molecule has 1 unspecified atom stereocenters. The Labute approximate surface area is 223 Å². The highest BCUT2D eigenvalue weighted by Crippen LogP contribution is 2.55. The van der Waals surface area contributed by atoms with E-state index < -0.39 is 0 Å². The number of halogens is 1. The molecular formula is C31H33ClN2O3. The fourth-order valence-corrected chi connectivity index (χ4v) is 6.14. The van der Waals surface area contributed by atoms with Gasteiger partial charge in [-0.3, -0.25) is 4.79 Å². The van der Waals surface area contributed by atoms with E-state index in [1.807, 2.05) is 54.6 Å². The van der Waals surface area contributed by atoms with E-state index in [-0.39, 0.29) is 23.2 Å². The van der Waals surface area contributed by atoms with Gasteiger partial charge in [-0.15, -0.1) is 11.6 Å². The van der Waals surface area contributed by atoms with Crippen LogP contribution < -0.4 is 4.74 Å². The maximum Gasteiger partial charge on any atom is 0.255 e. The molecule has 6 rings (SSSR count). The SMILES string of the molecule is O=C(c1ccccc1)N1C(c2ccc(OCC3CN(CCCCl)C3)cc2)c2ccc(O)cc2CC12CC2. The number of benzene rings is 3. The average Bonchev–Trinajstić information content (AvgIpc) is 3.66. The van der Waals surface area contributed by atoms with Crippen molar-refractivity contribution in [3.63, 3.8) is 0 Å². The van der Waals surface area contributed by atoms with Crippen LogP contribution in [0.25, 0.3) is 0 Å². The van der Waals surface area contributed by atoms with Crippen LogP contribution >= 0.6 is 11.6 Å². The van der Waals surface area contributed by atoms with Gasteiger partial charge in [-0.25, -0.2) is 0 Å². The van der Waals surface area contributed by atoms with Gasteiger partial charge in [0.1, 0.15) is 11.5 Å². The van der Waals surface area contributed by atoms with Crippen molar-refractivity contribution in [2.75, 3.05) is 32.1 Å². The number of carbonyl (C=O) groups is 1. The van der Waals surface area contributed by atoms with Crippen molar-refractivity contribution in [3.05, 3.63) is 95.1 Å². The quantitative estimate of drug-likeness (QED) is 0.393. The van der Waals surface area contributed by atoms with Crippen LogP contribution in [0, 0.1) is 5.92 Å². The first-order valence-corrected chi connectivity index (χ1v) is 13.8. The van der Waals surface area contributed by atoms with Gasteiger partial charge >= 0.3 is 0 Å². The van der Waals surface area contributed by atoms with Crippen LogP contribution in [0.15, 0.2) is 72.8 Å². The first-order chi connectivity index (χ1) is 18.1. The standard InChI is InChI=1S/C31H33ClN2O3/c32-15-4-16-33-19-22(20-33)21-37-27-10-7-23(8-11-27)29-28-12-9-26(35)17-25(28)18-31(13-14-31)34(29)30(36)24-5-2-1-3-6-24/h1-3,5-12,17,22,29,35H,4,13-16,18-21H2. The minimum Gasteiger partial charge on any atom is -0.508 e. The van der Waals surface area contributed by atoms with Crippen LogP contribution in [0.3, 0.4) is 0 Å². The number of carbonyl (C=O) groups excluding carboxylic acids is 1. The summed E-state index contributed by atoms with van der Waals surface area (Å²) in [5, 5.41) is 10.2. The van der Waals surface area contributed by atoms with Crippen LogP contribution in [-0.4, -0.2) is 58.5 Å². The molecule has 1 atom stereocenters. The second-order valence-corrected chi connectivity index (χ2v) is 11.2. The van der Waals surface area contributed by atoms with Crippen LogP contribution in [0.1, 0.15) is 52.4 Å². The minimum atomic E-state index is -0.212. The van der Waals surface area contributed by atoms with Gasteiger partial charge in [0.2, 0.25) is 0 Å². The lowest BCUT2D eigenvalue weighted by atomic mass is 9.82. The Bertz CT molecular complexity index is 1250. The second-order valence-electron chi connectivity index (χ2n) is 10.8. The Balaban J connectivity index is 1.25. The highest BCUT2D eigenvalue weighted by atomic mass is 35.5. The summed E-state index contributed by atoms with van der Waals surface area (Å²) >= 11 is 5.80. The van der Waals surface area contributed by atoms with Gasteiger partial charge in [0.05, 0.1) is 12.6 Å². The van der Waals surface area contributed by atoms with Gasteiger partial charge in [0.25, 0.3) is 5.91 Å². The zero-order chi connectivity index (χ0) is 25.4. The van der Waals surface area contributed by atoms with Crippen molar-refractivity contribution in [1.29, 1.82) is 0 Å². The van der Waals surface area contributed by atoms with Crippen molar-refractivity contribution in [2.24, 2.45) is 5.92 Å². The fraction of sp³-hybridized carbons (Fsp3) is 0.387. The maximum atomic E-state index is 13.9. The summed E-state index contributed by atoms with van der Waals surface area (Å²) < 4.78 is 6.12. The number of hydrogen-bond acceptors (Lipinski definition) is 4. The van der Waals surface area contributed by atoms with Crippen molar-refractivity contribution in [3.8, 4) is 11.5 Å². The number of amides is 1. The summed E-state index contributed by atoms with van der Waals surface area (Å²) in [4.78, 5) is 18.5. The Morgan fingerprint density at radius 3 is 2.49 bits per heavy atom. The maximum absolute atomic E-state index is 13.9. The molecule has 37 heavy (non-hydrogen) atoms. The van der Waals surface area contributed by atoms with E-state index in [1.54, 1.807) is 6.07 Å². The summed E-state index contributed by atoms with van der Waals surface area (Å²) in [5.41, 5.74) is 3.78. The summed E-state index contributed by atoms with van der Waals surface area (Å²) in [6, 6.07) is 23.2. The molecule has 0 bridgehead atoms. The molecule has 5 nitrogen and oxygen atoms in total. The first-order valence-electron chi connectivity index (χ1n) is 13.3. The van der Waals surface area contributed by atoms with E-state index in [0.29, 0.717) is 24.0 Å². The number of phenolic OH excluding ortho intramolecular Hbond substituents is 1. The highest BCUT2D eigenvalue weighted by Gasteiger charge is 2.56. The predicted molar refractivity (Wildman–Crippen MR) is 145 cm³/mol. The minimum absolute atomic E-state index is 0.0610. The van der Waals surface area contributed by atoms with Gasteiger partial charge in [0, 0.05) is 36.0 Å². The monoisotopic (exact) mass is 516 g/mol. The number of aromatic hydroxyl groups is 1. The second kappa shape index (κ2) is 10.0. The largest absolute Gasteiger partial charge is 0.508 e. The van der Waals surface area contributed by atoms with Crippen LogP contribution in [0.4, 0.5) is 0 Å². The molecule has 0 aromatic heterocycles. The molecular weight excluding hydrogens is 484 g/mol.